The number of aryl methyl sites for hydroxylation is 2. The number of anilines is 1. The van der Waals surface area contributed by atoms with E-state index in [1.165, 1.54) is 30.4 Å². The summed E-state index contributed by atoms with van der Waals surface area (Å²) in [5.41, 5.74) is 2.87. The molecule has 0 aliphatic heterocycles. The fraction of sp³-hybridized carbons (Fsp3) is 0.412. The number of aromatic nitrogens is 2. The first-order valence-electron chi connectivity index (χ1n) is 7.71. The van der Waals surface area contributed by atoms with Gasteiger partial charge in [-0.05, 0) is 55.4 Å². The van der Waals surface area contributed by atoms with Gasteiger partial charge in [-0.15, -0.1) is 0 Å². The van der Waals surface area contributed by atoms with E-state index >= 15 is 0 Å². The van der Waals surface area contributed by atoms with Crippen molar-refractivity contribution < 1.29 is 4.74 Å². The second kappa shape index (κ2) is 6.57. The fourth-order valence-corrected chi connectivity index (χ4v) is 2.63. The highest BCUT2D eigenvalue weighted by Crippen LogP contribution is 2.27. The zero-order valence-corrected chi connectivity index (χ0v) is 12.4. The van der Waals surface area contributed by atoms with Crippen LogP contribution in [0.15, 0.2) is 30.6 Å². The summed E-state index contributed by atoms with van der Waals surface area (Å²) < 4.78 is 5.85. The molecule has 0 unspecified atom stereocenters. The van der Waals surface area contributed by atoms with Crippen LogP contribution < -0.4 is 10.1 Å². The van der Waals surface area contributed by atoms with Gasteiger partial charge in [0.05, 0.1) is 12.4 Å². The van der Waals surface area contributed by atoms with E-state index in [2.05, 4.69) is 34.3 Å². The molecule has 3 rings (SSSR count). The van der Waals surface area contributed by atoms with Crippen LogP contribution in [0.3, 0.4) is 0 Å². The van der Waals surface area contributed by atoms with E-state index in [-0.39, 0.29) is 0 Å². The Hall–Kier alpha value is -2.10. The maximum Gasteiger partial charge on any atom is 0.239 e. The summed E-state index contributed by atoms with van der Waals surface area (Å²) in [5, 5.41) is 3.22. The molecule has 1 heterocycles. The molecule has 110 valence electrons. The van der Waals surface area contributed by atoms with Gasteiger partial charge in [-0.3, -0.25) is 4.98 Å². The molecule has 0 saturated carbocycles. The van der Waals surface area contributed by atoms with Crippen molar-refractivity contribution in [2.75, 3.05) is 11.9 Å². The van der Waals surface area contributed by atoms with Crippen molar-refractivity contribution in [3.8, 4) is 11.6 Å². The van der Waals surface area contributed by atoms with Gasteiger partial charge in [-0.2, -0.15) is 4.98 Å². The Balaban J connectivity index is 1.74. The van der Waals surface area contributed by atoms with Gasteiger partial charge in [-0.1, -0.05) is 13.0 Å². The number of hydrogen-bond donors (Lipinski definition) is 1. The standard InChI is InChI=1S/C17H21N3O/c1-2-9-19-16-11-18-12-17(20-16)21-15-8-7-13-5-3-4-6-14(13)10-15/h7-8,10-12H,2-6,9H2,1H3,(H,19,20). The molecule has 0 atom stereocenters. The zero-order chi connectivity index (χ0) is 14.5. The number of benzene rings is 1. The average molecular weight is 283 g/mol. The topological polar surface area (TPSA) is 47.0 Å². The lowest BCUT2D eigenvalue weighted by Gasteiger charge is -2.16. The Bertz CT molecular complexity index is 613. The highest BCUT2D eigenvalue weighted by atomic mass is 16.5. The van der Waals surface area contributed by atoms with E-state index < -0.39 is 0 Å². The smallest absolute Gasteiger partial charge is 0.239 e. The molecule has 0 spiro atoms. The molecular formula is C17H21N3O. The van der Waals surface area contributed by atoms with Crippen LogP contribution >= 0.6 is 0 Å². The van der Waals surface area contributed by atoms with Crippen molar-refractivity contribution in [1.29, 1.82) is 0 Å². The number of rotatable bonds is 5. The summed E-state index contributed by atoms with van der Waals surface area (Å²) in [6.07, 6.45) is 9.32. The fourth-order valence-electron chi connectivity index (χ4n) is 2.63. The Morgan fingerprint density at radius 3 is 2.86 bits per heavy atom. The zero-order valence-electron chi connectivity index (χ0n) is 12.4. The summed E-state index contributed by atoms with van der Waals surface area (Å²) >= 11 is 0. The lowest BCUT2D eigenvalue weighted by molar-refractivity contribution is 0.459. The Labute approximate surface area is 125 Å². The second-order valence-electron chi connectivity index (χ2n) is 5.41. The highest BCUT2D eigenvalue weighted by molar-refractivity contribution is 5.39. The summed E-state index contributed by atoms with van der Waals surface area (Å²) in [5.74, 6) is 2.14. The van der Waals surface area contributed by atoms with Crippen LogP contribution in [-0.4, -0.2) is 16.5 Å². The minimum Gasteiger partial charge on any atom is -0.437 e. The van der Waals surface area contributed by atoms with E-state index in [0.29, 0.717) is 5.88 Å². The first kappa shape index (κ1) is 13.9. The molecule has 1 aromatic heterocycles. The van der Waals surface area contributed by atoms with Gasteiger partial charge < -0.3 is 10.1 Å². The highest BCUT2D eigenvalue weighted by Gasteiger charge is 2.10. The molecule has 21 heavy (non-hydrogen) atoms. The van der Waals surface area contributed by atoms with Gasteiger partial charge in [-0.25, -0.2) is 0 Å². The Kier molecular flexibility index (Phi) is 4.34. The molecule has 0 saturated heterocycles. The second-order valence-corrected chi connectivity index (χ2v) is 5.41. The van der Waals surface area contributed by atoms with E-state index in [4.69, 9.17) is 4.74 Å². The van der Waals surface area contributed by atoms with Crippen LogP contribution in [0.2, 0.25) is 0 Å². The predicted octanol–water partition coefficient (Wildman–Crippen LogP) is 3.97. The van der Waals surface area contributed by atoms with E-state index in [9.17, 15) is 0 Å². The van der Waals surface area contributed by atoms with Gasteiger partial charge >= 0.3 is 0 Å². The van der Waals surface area contributed by atoms with Gasteiger partial charge in [0.2, 0.25) is 5.88 Å². The molecule has 1 N–H and O–H groups in total. The summed E-state index contributed by atoms with van der Waals surface area (Å²) in [4.78, 5) is 8.59. The number of hydrogen-bond acceptors (Lipinski definition) is 4. The first-order chi connectivity index (χ1) is 10.3. The van der Waals surface area contributed by atoms with Crippen LogP contribution in [0.5, 0.6) is 11.6 Å². The third-order valence-corrected chi connectivity index (χ3v) is 3.71. The van der Waals surface area contributed by atoms with Crippen LogP contribution in [0.25, 0.3) is 0 Å². The van der Waals surface area contributed by atoms with Gasteiger partial charge in [0.1, 0.15) is 11.6 Å². The third-order valence-electron chi connectivity index (χ3n) is 3.71. The Morgan fingerprint density at radius 2 is 2.00 bits per heavy atom. The number of ether oxygens (including phenoxy) is 1. The molecule has 1 aliphatic rings. The van der Waals surface area contributed by atoms with E-state index in [1.807, 2.05) is 6.07 Å². The number of nitrogens with zero attached hydrogens (tertiary/aromatic N) is 2. The van der Waals surface area contributed by atoms with Crippen molar-refractivity contribution in [3.05, 3.63) is 41.7 Å². The predicted molar refractivity (Wildman–Crippen MR) is 84.0 cm³/mol. The molecule has 0 bridgehead atoms. The SMILES string of the molecule is CCCNc1cncc(Oc2ccc3c(c2)CCCC3)n1. The van der Waals surface area contributed by atoms with Gasteiger partial charge in [0.15, 0.2) is 0 Å². The first-order valence-corrected chi connectivity index (χ1v) is 7.71. The van der Waals surface area contributed by atoms with Crippen molar-refractivity contribution in [2.24, 2.45) is 0 Å². The van der Waals surface area contributed by atoms with E-state index in [0.717, 1.165) is 31.0 Å². The van der Waals surface area contributed by atoms with Crippen molar-refractivity contribution >= 4 is 5.82 Å². The maximum absolute atomic E-state index is 5.85. The lowest BCUT2D eigenvalue weighted by Crippen LogP contribution is -2.04. The number of nitrogens with one attached hydrogen (secondary N) is 1. The third kappa shape index (κ3) is 3.51. The number of fused-ring (bicyclic) bond motifs is 1. The molecule has 1 aromatic carbocycles. The molecular weight excluding hydrogens is 262 g/mol. The minimum atomic E-state index is 0.534. The molecule has 4 heteroatoms. The normalized spacial score (nSPS) is 13.6. The summed E-state index contributed by atoms with van der Waals surface area (Å²) in [6.45, 7) is 3.00. The largest absolute Gasteiger partial charge is 0.437 e. The molecule has 0 fully saturated rings. The molecule has 0 amide bonds. The van der Waals surface area contributed by atoms with Crippen LogP contribution in [0, 0.1) is 0 Å². The van der Waals surface area contributed by atoms with Crippen LogP contribution in [0.4, 0.5) is 5.82 Å². The van der Waals surface area contributed by atoms with Gasteiger partial charge in [0.25, 0.3) is 0 Å². The summed E-state index contributed by atoms with van der Waals surface area (Å²) in [7, 11) is 0. The van der Waals surface area contributed by atoms with Crippen molar-refractivity contribution in [1.82, 2.24) is 9.97 Å². The van der Waals surface area contributed by atoms with Crippen molar-refractivity contribution in [3.63, 3.8) is 0 Å². The monoisotopic (exact) mass is 283 g/mol. The van der Waals surface area contributed by atoms with E-state index in [1.54, 1.807) is 12.4 Å². The van der Waals surface area contributed by atoms with Crippen LogP contribution in [-0.2, 0) is 12.8 Å². The molecule has 1 aliphatic carbocycles. The molecule has 4 nitrogen and oxygen atoms in total. The average Bonchev–Trinajstić information content (AvgIpc) is 2.53. The Morgan fingerprint density at radius 1 is 1.14 bits per heavy atom. The minimum absolute atomic E-state index is 0.534. The quantitative estimate of drug-likeness (QED) is 0.902. The van der Waals surface area contributed by atoms with Crippen LogP contribution in [0.1, 0.15) is 37.3 Å². The maximum atomic E-state index is 5.85. The summed E-state index contributed by atoms with van der Waals surface area (Å²) in [6, 6.07) is 6.34. The molecule has 0 radical (unpaired) electrons. The van der Waals surface area contributed by atoms with Crippen molar-refractivity contribution in [2.45, 2.75) is 39.0 Å². The van der Waals surface area contributed by atoms with Gasteiger partial charge in [0, 0.05) is 6.54 Å². The molecule has 2 aromatic rings. The lowest BCUT2D eigenvalue weighted by atomic mass is 9.92.